The lowest BCUT2D eigenvalue weighted by molar-refractivity contribution is -0.0883. The average Bonchev–Trinajstić information content (AvgIpc) is 2.16. The van der Waals surface area contributed by atoms with Gasteiger partial charge in [0.2, 0.25) is 0 Å². The highest BCUT2D eigenvalue weighted by Gasteiger charge is 2.28. The largest absolute Gasteiger partial charge is 0.390 e. The first kappa shape index (κ1) is 8.93. The van der Waals surface area contributed by atoms with E-state index in [9.17, 15) is 10.2 Å². The van der Waals surface area contributed by atoms with Gasteiger partial charge in [-0.15, -0.1) is 0 Å². The van der Waals surface area contributed by atoms with Crippen LogP contribution in [0, 0.1) is 0 Å². The zero-order valence-corrected chi connectivity index (χ0v) is 6.44. The summed E-state index contributed by atoms with van der Waals surface area (Å²) in [4.78, 5) is 4.54. The molecule has 0 aliphatic heterocycles. The zero-order chi connectivity index (χ0) is 8.27. The highest BCUT2D eigenvalue weighted by Crippen LogP contribution is 2.19. The maximum Gasteiger partial charge on any atom is 0.108 e. The van der Waals surface area contributed by atoms with Crippen LogP contribution in [0.25, 0.3) is 0 Å². The summed E-state index contributed by atoms with van der Waals surface area (Å²) in [6.07, 6.45) is 1.37. The monoisotopic (exact) mass is 161 g/mol. The van der Waals surface area contributed by atoms with Crippen molar-refractivity contribution in [3.8, 4) is 0 Å². The van der Waals surface area contributed by atoms with Crippen molar-refractivity contribution in [3.05, 3.63) is 0 Å². The normalized spacial score (nSPS) is 40.1. The van der Waals surface area contributed by atoms with Gasteiger partial charge in [0.05, 0.1) is 6.10 Å². The molecule has 4 N–H and O–H groups in total. The molecule has 3 atom stereocenters. The van der Waals surface area contributed by atoms with E-state index in [-0.39, 0.29) is 0 Å². The molecule has 4 heteroatoms. The number of rotatable bonds is 1. The third-order valence-corrected chi connectivity index (χ3v) is 2.19. The highest BCUT2D eigenvalue weighted by molar-refractivity contribution is 4.79. The maximum absolute atomic E-state index is 9.36. The van der Waals surface area contributed by atoms with Gasteiger partial charge in [-0.3, -0.25) is 4.84 Å². The molecule has 0 aromatic heterocycles. The first-order chi connectivity index (χ1) is 5.25. The molecule has 4 nitrogen and oxygen atoms in total. The van der Waals surface area contributed by atoms with Crippen molar-refractivity contribution in [2.24, 2.45) is 5.90 Å². The van der Waals surface area contributed by atoms with E-state index >= 15 is 0 Å². The van der Waals surface area contributed by atoms with E-state index < -0.39 is 18.3 Å². The average molecular weight is 161 g/mol. The summed E-state index contributed by atoms with van der Waals surface area (Å²) >= 11 is 0. The van der Waals surface area contributed by atoms with Gasteiger partial charge in [0.15, 0.2) is 0 Å². The standard InChI is InChI=1S/C7H15NO3/c8-11-6-4-2-1-3-5(9)7(6)10/h5-7,9-10H,1-4,8H2. The first-order valence-corrected chi connectivity index (χ1v) is 3.97. The van der Waals surface area contributed by atoms with E-state index in [1.54, 1.807) is 0 Å². The smallest absolute Gasteiger partial charge is 0.108 e. The molecule has 0 aromatic rings. The van der Waals surface area contributed by atoms with E-state index in [2.05, 4.69) is 4.84 Å². The predicted octanol–water partition coefficient (Wildman–Crippen LogP) is -0.459. The molecule has 1 saturated carbocycles. The molecular weight excluding hydrogens is 146 g/mol. The minimum Gasteiger partial charge on any atom is -0.390 e. The zero-order valence-electron chi connectivity index (χ0n) is 6.44. The van der Waals surface area contributed by atoms with Gasteiger partial charge in [-0.2, -0.15) is 0 Å². The van der Waals surface area contributed by atoms with Crippen molar-refractivity contribution in [2.45, 2.75) is 44.0 Å². The molecule has 0 radical (unpaired) electrons. The van der Waals surface area contributed by atoms with Gasteiger partial charge in [-0.1, -0.05) is 12.8 Å². The molecule has 1 rings (SSSR count). The van der Waals surface area contributed by atoms with Gasteiger partial charge in [0.25, 0.3) is 0 Å². The summed E-state index contributed by atoms with van der Waals surface area (Å²) in [6, 6.07) is 0. The summed E-state index contributed by atoms with van der Waals surface area (Å²) in [6.45, 7) is 0. The molecule has 0 heterocycles. The fraction of sp³-hybridized carbons (Fsp3) is 1.00. The Morgan fingerprint density at radius 1 is 1.18 bits per heavy atom. The second-order valence-corrected chi connectivity index (χ2v) is 3.02. The summed E-state index contributed by atoms with van der Waals surface area (Å²) in [5.74, 6) is 4.95. The van der Waals surface area contributed by atoms with Crippen molar-refractivity contribution in [3.63, 3.8) is 0 Å². The minimum absolute atomic E-state index is 0.396. The Balaban J connectivity index is 2.49. The van der Waals surface area contributed by atoms with Crippen LogP contribution in [0.4, 0.5) is 0 Å². The predicted molar refractivity (Wildman–Crippen MR) is 39.5 cm³/mol. The Labute approximate surface area is 65.9 Å². The third kappa shape index (κ3) is 2.13. The van der Waals surface area contributed by atoms with E-state index in [4.69, 9.17) is 5.90 Å². The van der Waals surface area contributed by atoms with E-state index in [1.165, 1.54) is 0 Å². The molecule has 3 unspecified atom stereocenters. The number of aliphatic hydroxyl groups excluding tert-OH is 2. The van der Waals surface area contributed by atoms with Crippen LogP contribution in [0.1, 0.15) is 25.7 Å². The molecule has 0 spiro atoms. The summed E-state index contributed by atoms with van der Waals surface area (Å²) < 4.78 is 0. The Bertz CT molecular complexity index is 120. The minimum atomic E-state index is -0.817. The molecule has 1 aliphatic rings. The lowest BCUT2D eigenvalue weighted by Crippen LogP contribution is -2.38. The maximum atomic E-state index is 9.36. The fourth-order valence-corrected chi connectivity index (χ4v) is 1.44. The quantitative estimate of drug-likeness (QED) is 0.359. The van der Waals surface area contributed by atoms with Crippen LogP contribution in [0.3, 0.4) is 0 Å². The van der Waals surface area contributed by atoms with Crippen LogP contribution in [-0.2, 0) is 4.84 Å². The van der Waals surface area contributed by atoms with Crippen molar-refractivity contribution in [1.82, 2.24) is 0 Å². The molecule has 66 valence electrons. The van der Waals surface area contributed by atoms with Crippen molar-refractivity contribution >= 4 is 0 Å². The van der Waals surface area contributed by atoms with Crippen LogP contribution in [-0.4, -0.2) is 28.5 Å². The second kappa shape index (κ2) is 4.01. The molecule has 0 amide bonds. The Kier molecular flexibility index (Phi) is 3.26. The topological polar surface area (TPSA) is 75.7 Å². The molecule has 0 aromatic carbocycles. The molecule has 11 heavy (non-hydrogen) atoms. The number of hydrogen-bond acceptors (Lipinski definition) is 4. The van der Waals surface area contributed by atoms with Crippen molar-refractivity contribution < 1.29 is 15.1 Å². The van der Waals surface area contributed by atoms with E-state index in [1.807, 2.05) is 0 Å². The summed E-state index contributed by atoms with van der Waals surface area (Å²) in [5.41, 5.74) is 0. The SMILES string of the molecule is NOC1CCCCC(O)C1O. The summed E-state index contributed by atoms with van der Waals surface area (Å²) in [7, 11) is 0. The van der Waals surface area contributed by atoms with Crippen LogP contribution < -0.4 is 5.90 Å². The molecule has 1 aliphatic carbocycles. The highest BCUT2D eigenvalue weighted by atomic mass is 16.6. The van der Waals surface area contributed by atoms with Gasteiger partial charge in [-0.25, -0.2) is 5.90 Å². The molecule has 0 saturated heterocycles. The summed E-state index contributed by atoms with van der Waals surface area (Å²) in [5, 5.41) is 18.6. The number of nitrogens with two attached hydrogens (primary N) is 1. The van der Waals surface area contributed by atoms with E-state index in [0.717, 1.165) is 19.3 Å². The number of hydrogen-bond donors (Lipinski definition) is 3. The Morgan fingerprint density at radius 2 is 1.82 bits per heavy atom. The van der Waals surface area contributed by atoms with Crippen LogP contribution in [0.2, 0.25) is 0 Å². The van der Waals surface area contributed by atoms with Crippen LogP contribution in [0.5, 0.6) is 0 Å². The van der Waals surface area contributed by atoms with Gasteiger partial charge in [-0.05, 0) is 12.8 Å². The van der Waals surface area contributed by atoms with E-state index in [0.29, 0.717) is 6.42 Å². The first-order valence-electron chi connectivity index (χ1n) is 3.97. The van der Waals surface area contributed by atoms with Crippen molar-refractivity contribution in [1.29, 1.82) is 0 Å². The van der Waals surface area contributed by atoms with Crippen LogP contribution in [0.15, 0.2) is 0 Å². The Morgan fingerprint density at radius 3 is 2.45 bits per heavy atom. The van der Waals surface area contributed by atoms with Gasteiger partial charge in [0.1, 0.15) is 12.2 Å². The lowest BCUT2D eigenvalue weighted by atomic mass is 10.1. The van der Waals surface area contributed by atoms with Gasteiger partial charge < -0.3 is 10.2 Å². The van der Waals surface area contributed by atoms with Crippen molar-refractivity contribution in [2.75, 3.05) is 0 Å². The number of aliphatic hydroxyl groups is 2. The molecule has 0 bridgehead atoms. The fourth-order valence-electron chi connectivity index (χ4n) is 1.44. The third-order valence-electron chi connectivity index (χ3n) is 2.19. The second-order valence-electron chi connectivity index (χ2n) is 3.02. The van der Waals surface area contributed by atoms with Gasteiger partial charge >= 0.3 is 0 Å². The van der Waals surface area contributed by atoms with Gasteiger partial charge in [0, 0.05) is 0 Å². The molecule has 1 fully saturated rings. The lowest BCUT2D eigenvalue weighted by Gasteiger charge is -2.21. The molecular formula is C7H15NO3. The van der Waals surface area contributed by atoms with Crippen LogP contribution >= 0.6 is 0 Å². The Hall–Kier alpha value is -0.160.